The fourth-order valence-electron chi connectivity index (χ4n) is 1.76. The van der Waals surface area contributed by atoms with Crippen LogP contribution in [0.4, 0.5) is 4.39 Å². The van der Waals surface area contributed by atoms with Crippen molar-refractivity contribution < 1.29 is 9.13 Å². The van der Waals surface area contributed by atoms with Gasteiger partial charge in [0.05, 0.1) is 0 Å². The monoisotopic (exact) mass is 276 g/mol. The first kappa shape index (κ1) is 13.5. The molecule has 0 fully saturated rings. The molecule has 5 heteroatoms. The molecule has 1 aromatic carbocycles. The van der Waals surface area contributed by atoms with Crippen molar-refractivity contribution in [2.75, 3.05) is 0 Å². The van der Waals surface area contributed by atoms with Crippen LogP contribution in [0.25, 0.3) is 0 Å². The zero-order chi connectivity index (χ0) is 13.8. The van der Waals surface area contributed by atoms with E-state index >= 15 is 0 Å². The van der Waals surface area contributed by atoms with Gasteiger partial charge < -0.3 is 10.5 Å². The summed E-state index contributed by atoms with van der Waals surface area (Å²) in [7, 11) is 0. The number of nitriles is 1. The second-order valence-electron chi connectivity index (χ2n) is 4.18. The van der Waals surface area contributed by atoms with E-state index in [1.807, 2.05) is 29.8 Å². The average molecular weight is 276 g/mol. The number of nitrogens with two attached hydrogens (primary N) is 1. The Kier molecular flexibility index (Phi) is 4.15. The van der Waals surface area contributed by atoms with E-state index in [1.165, 1.54) is 23.5 Å². The van der Waals surface area contributed by atoms with Gasteiger partial charge in [0.15, 0.2) is 0 Å². The second kappa shape index (κ2) is 5.83. The number of rotatable bonds is 4. The molecule has 0 saturated carbocycles. The van der Waals surface area contributed by atoms with E-state index in [1.54, 1.807) is 6.07 Å². The van der Waals surface area contributed by atoms with Crippen molar-refractivity contribution in [3.8, 4) is 11.8 Å². The first-order valence-electron chi connectivity index (χ1n) is 5.76. The highest BCUT2D eigenvalue weighted by Gasteiger charge is 2.21. The maximum Gasteiger partial charge on any atom is 0.144 e. The van der Waals surface area contributed by atoms with Gasteiger partial charge in [0.25, 0.3) is 0 Å². The molecule has 3 nitrogen and oxygen atoms in total. The molecule has 0 radical (unpaired) electrons. The summed E-state index contributed by atoms with van der Waals surface area (Å²) in [5.41, 5.74) is 6.74. The normalized spacial score (nSPS) is 13.6. The average Bonchev–Trinajstić information content (AvgIpc) is 2.89. The maximum atomic E-state index is 13.5. The van der Waals surface area contributed by atoms with Crippen molar-refractivity contribution in [1.29, 1.82) is 5.26 Å². The fourth-order valence-corrected chi connectivity index (χ4v) is 2.45. The van der Waals surface area contributed by atoms with Crippen molar-refractivity contribution in [1.82, 2.24) is 0 Å². The molecule has 0 amide bonds. The number of thiophene rings is 1. The Hall–Kier alpha value is -1.90. The van der Waals surface area contributed by atoms with Crippen molar-refractivity contribution >= 4 is 11.3 Å². The van der Waals surface area contributed by atoms with Gasteiger partial charge in [0.1, 0.15) is 29.3 Å². The lowest BCUT2D eigenvalue weighted by Crippen LogP contribution is -2.29. The minimum atomic E-state index is -0.589. The molecule has 2 N–H and O–H groups in total. The molecule has 2 rings (SSSR count). The van der Waals surface area contributed by atoms with E-state index in [4.69, 9.17) is 15.7 Å². The van der Waals surface area contributed by atoms with Gasteiger partial charge in [-0.05, 0) is 35.9 Å². The number of halogens is 1. The Bertz CT molecular complexity index is 590. The van der Waals surface area contributed by atoms with Crippen LogP contribution in [0.2, 0.25) is 0 Å². The zero-order valence-corrected chi connectivity index (χ0v) is 11.2. The number of benzene rings is 1. The number of hydrogen-bond acceptors (Lipinski definition) is 4. The SMILES string of the molecule is CC(N)C(Oc1cccc(F)c1C#N)c1ccsc1. The molecule has 0 spiro atoms. The summed E-state index contributed by atoms with van der Waals surface area (Å²) in [4.78, 5) is 0. The Morgan fingerprint density at radius 3 is 2.79 bits per heavy atom. The summed E-state index contributed by atoms with van der Waals surface area (Å²) < 4.78 is 19.3. The molecular weight excluding hydrogens is 263 g/mol. The molecular formula is C14H13FN2OS. The second-order valence-corrected chi connectivity index (χ2v) is 4.96. The van der Waals surface area contributed by atoms with Crippen LogP contribution in [0.3, 0.4) is 0 Å². The Morgan fingerprint density at radius 1 is 1.42 bits per heavy atom. The van der Waals surface area contributed by atoms with Gasteiger partial charge in [0, 0.05) is 11.6 Å². The van der Waals surface area contributed by atoms with Crippen molar-refractivity contribution in [2.45, 2.75) is 19.1 Å². The third-order valence-corrected chi connectivity index (χ3v) is 3.39. The summed E-state index contributed by atoms with van der Waals surface area (Å²) >= 11 is 1.53. The Morgan fingerprint density at radius 2 is 2.21 bits per heavy atom. The molecule has 0 aliphatic carbocycles. The molecule has 98 valence electrons. The van der Waals surface area contributed by atoms with Gasteiger partial charge in [-0.1, -0.05) is 6.07 Å². The molecule has 2 unspecified atom stereocenters. The van der Waals surface area contributed by atoms with Crippen LogP contribution in [0.1, 0.15) is 24.2 Å². The van der Waals surface area contributed by atoms with Crippen molar-refractivity contribution in [2.24, 2.45) is 5.73 Å². The van der Waals surface area contributed by atoms with Crippen molar-refractivity contribution in [3.63, 3.8) is 0 Å². The van der Waals surface area contributed by atoms with Gasteiger partial charge >= 0.3 is 0 Å². The summed E-state index contributed by atoms with van der Waals surface area (Å²) in [6, 6.07) is 7.77. The molecule has 2 atom stereocenters. The topological polar surface area (TPSA) is 59.0 Å². The molecule has 0 aliphatic heterocycles. The minimum Gasteiger partial charge on any atom is -0.483 e. The lowest BCUT2D eigenvalue weighted by atomic mass is 10.1. The molecule has 1 aromatic heterocycles. The zero-order valence-electron chi connectivity index (χ0n) is 10.3. The van der Waals surface area contributed by atoms with Gasteiger partial charge in [0.2, 0.25) is 0 Å². The molecule has 0 bridgehead atoms. The van der Waals surface area contributed by atoms with E-state index in [0.717, 1.165) is 5.56 Å². The standard InChI is InChI=1S/C14H13FN2OS/c1-9(17)14(10-5-6-19-8-10)18-13-4-2-3-12(15)11(13)7-16/h2-6,8-9,14H,17H2,1H3. The quantitative estimate of drug-likeness (QED) is 0.932. The minimum absolute atomic E-state index is 0.0941. The smallest absolute Gasteiger partial charge is 0.144 e. The molecule has 19 heavy (non-hydrogen) atoms. The van der Waals surface area contributed by atoms with Gasteiger partial charge in [-0.25, -0.2) is 4.39 Å². The van der Waals surface area contributed by atoms with Gasteiger partial charge in [-0.15, -0.1) is 0 Å². The van der Waals surface area contributed by atoms with E-state index in [0.29, 0.717) is 0 Å². The first-order chi connectivity index (χ1) is 9.13. The molecule has 0 aliphatic rings. The molecule has 1 heterocycles. The van der Waals surface area contributed by atoms with Crippen LogP contribution in [0, 0.1) is 17.1 Å². The predicted molar refractivity (Wildman–Crippen MR) is 72.5 cm³/mol. The van der Waals surface area contributed by atoms with Crippen molar-refractivity contribution in [3.05, 3.63) is 52.0 Å². The number of ether oxygens (including phenoxy) is 1. The third kappa shape index (κ3) is 2.92. The predicted octanol–water partition coefficient (Wildman–Crippen LogP) is 3.23. The highest BCUT2D eigenvalue weighted by molar-refractivity contribution is 7.07. The number of hydrogen-bond donors (Lipinski definition) is 1. The molecule has 2 aromatic rings. The van der Waals surface area contributed by atoms with Crippen LogP contribution < -0.4 is 10.5 Å². The van der Waals surface area contributed by atoms with Crippen LogP contribution in [0.5, 0.6) is 5.75 Å². The van der Waals surface area contributed by atoms with Crippen LogP contribution in [-0.2, 0) is 0 Å². The molecule has 0 saturated heterocycles. The van der Waals surface area contributed by atoms with Gasteiger partial charge in [-0.2, -0.15) is 16.6 Å². The Labute approximate surface area is 115 Å². The van der Waals surface area contributed by atoms with E-state index in [-0.39, 0.29) is 17.4 Å². The first-order valence-corrected chi connectivity index (χ1v) is 6.70. The lowest BCUT2D eigenvalue weighted by Gasteiger charge is -2.22. The summed E-state index contributed by atoms with van der Waals surface area (Å²) in [5.74, 6) is -0.371. The van der Waals surface area contributed by atoms with Crippen LogP contribution >= 0.6 is 11.3 Å². The largest absolute Gasteiger partial charge is 0.483 e. The highest BCUT2D eigenvalue weighted by Crippen LogP contribution is 2.29. The van der Waals surface area contributed by atoms with E-state index in [2.05, 4.69) is 0 Å². The maximum absolute atomic E-state index is 13.5. The van der Waals surface area contributed by atoms with E-state index in [9.17, 15) is 4.39 Å². The summed E-state index contributed by atoms with van der Waals surface area (Å²) in [6.07, 6.45) is -0.403. The highest BCUT2D eigenvalue weighted by atomic mass is 32.1. The van der Waals surface area contributed by atoms with E-state index < -0.39 is 11.9 Å². The summed E-state index contributed by atoms with van der Waals surface area (Å²) in [6.45, 7) is 1.81. The summed E-state index contributed by atoms with van der Waals surface area (Å²) in [5, 5.41) is 12.8. The fraction of sp³-hybridized carbons (Fsp3) is 0.214. The third-order valence-electron chi connectivity index (χ3n) is 2.69. The van der Waals surface area contributed by atoms with Crippen LogP contribution in [0.15, 0.2) is 35.0 Å². The van der Waals surface area contributed by atoms with Gasteiger partial charge in [-0.3, -0.25) is 0 Å². The lowest BCUT2D eigenvalue weighted by molar-refractivity contribution is 0.179. The van der Waals surface area contributed by atoms with Crippen LogP contribution in [-0.4, -0.2) is 6.04 Å². The number of nitrogens with zero attached hydrogens (tertiary/aromatic N) is 1. The Balaban J connectivity index is 2.34.